The molecule has 18 heteroatoms. The average molecular weight is 514 g/mol. The summed E-state index contributed by atoms with van der Waals surface area (Å²) in [5, 5.41) is 36.3. The number of nitrogens with one attached hydrogen (secondary N) is 2. The average Bonchev–Trinajstić information content (AvgIpc) is 2.66. The molecule has 0 bridgehead atoms. The van der Waals surface area contributed by atoms with E-state index < -0.39 is 73.1 Å². The number of nitro groups is 2. The summed E-state index contributed by atoms with van der Waals surface area (Å²) in [6.45, 7) is -1.38. The molecule has 33 heavy (non-hydrogen) atoms. The third kappa shape index (κ3) is 10.0. The zero-order valence-corrected chi connectivity index (χ0v) is 19.0. The minimum absolute atomic E-state index is 0.245. The van der Waals surface area contributed by atoms with Crippen LogP contribution in [0, 0.1) is 20.2 Å². The number of carbonyl (C=O) groups excluding carboxylic acids is 1. The molecule has 186 valence electrons. The lowest BCUT2D eigenvalue weighted by atomic mass is 10.0. The van der Waals surface area contributed by atoms with Gasteiger partial charge < -0.3 is 15.7 Å². The van der Waals surface area contributed by atoms with E-state index in [1.54, 1.807) is 0 Å². The molecule has 0 heterocycles. The molecule has 0 saturated heterocycles. The van der Waals surface area contributed by atoms with Crippen LogP contribution in [0.2, 0.25) is 0 Å². The molecule has 1 unspecified atom stereocenters. The molecule has 0 radical (unpaired) electrons. The van der Waals surface area contributed by atoms with E-state index in [9.17, 15) is 41.9 Å². The predicted octanol–water partition coefficient (Wildman–Crippen LogP) is -1.11. The van der Waals surface area contributed by atoms with Crippen molar-refractivity contribution in [1.82, 2.24) is 5.32 Å². The molecular weight excluding hydrogens is 492 g/mol. The largest absolute Gasteiger partial charge is 0.395 e. The van der Waals surface area contributed by atoms with Crippen LogP contribution >= 0.6 is 0 Å². The van der Waals surface area contributed by atoms with Crippen molar-refractivity contribution in [3.8, 4) is 0 Å². The molecule has 1 atom stereocenters. The van der Waals surface area contributed by atoms with Crippen molar-refractivity contribution in [2.45, 2.75) is 12.5 Å². The van der Waals surface area contributed by atoms with E-state index >= 15 is 0 Å². The molecule has 0 fully saturated rings. The number of hydrogen-bond donors (Lipinski definition) is 3. The summed E-state index contributed by atoms with van der Waals surface area (Å²) in [7, 11) is -7.98. The van der Waals surface area contributed by atoms with Gasteiger partial charge in [0.05, 0.1) is 41.6 Å². The van der Waals surface area contributed by atoms with Crippen molar-refractivity contribution in [2.24, 2.45) is 0 Å². The van der Waals surface area contributed by atoms with Crippen molar-refractivity contribution in [3.05, 3.63) is 37.9 Å². The van der Waals surface area contributed by atoms with Gasteiger partial charge in [-0.3, -0.25) is 33.4 Å². The van der Waals surface area contributed by atoms with E-state index in [0.29, 0.717) is 12.3 Å². The molecule has 0 spiro atoms. The van der Waals surface area contributed by atoms with Crippen LogP contribution in [0.25, 0.3) is 0 Å². The van der Waals surface area contributed by atoms with Gasteiger partial charge in [0.1, 0.15) is 5.69 Å². The number of anilines is 1. The van der Waals surface area contributed by atoms with Gasteiger partial charge in [-0.1, -0.05) is 0 Å². The molecule has 16 nitrogen and oxygen atoms in total. The highest BCUT2D eigenvalue weighted by Gasteiger charge is 2.30. The van der Waals surface area contributed by atoms with Crippen molar-refractivity contribution < 1.29 is 44.9 Å². The topological polar surface area (TPSA) is 234 Å². The molecule has 1 aromatic carbocycles. The second-order valence-corrected chi connectivity index (χ2v) is 9.72. The third-order valence-corrected chi connectivity index (χ3v) is 4.88. The fourth-order valence-electron chi connectivity index (χ4n) is 2.50. The van der Waals surface area contributed by atoms with E-state index in [0.717, 1.165) is 12.3 Å². The normalized spacial score (nSPS) is 12.7. The molecule has 1 aromatic rings. The molecule has 3 N–H and O–H groups in total. The Bertz CT molecular complexity index is 1100. The number of hydrogen-bond acceptors (Lipinski definition) is 13. The highest BCUT2D eigenvalue weighted by molar-refractivity contribution is 7.86. The number of aliphatic hydroxyl groups excluding tert-OH is 1. The summed E-state index contributed by atoms with van der Waals surface area (Å²) in [4.78, 5) is 33.2. The van der Waals surface area contributed by atoms with E-state index in [4.69, 9.17) is 9.29 Å². The highest BCUT2D eigenvalue weighted by atomic mass is 32.2. The lowest BCUT2D eigenvalue weighted by molar-refractivity contribution is -0.394. The number of amides is 1. The fourth-order valence-corrected chi connectivity index (χ4v) is 3.46. The summed E-state index contributed by atoms with van der Waals surface area (Å²) in [6, 6.07) is 1.56. The van der Waals surface area contributed by atoms with Gasteiger partial charge >= 0.3 is 0 Å². The Morgan fingerprint density at radius 3 is 2.15 bits per heavy atom. The molecule has 0 saturated carbocycles. The molecule has 0 aromatic heterocycles. The minimum atomic E-state index is -4.20. The van der Waals surface area contributed by atoms with Crippen molar-refractivity contribution in [1.29, 1.82) is 0 Å². The van der Waals surface area contributed by atoms with Gasteiger partial charge in [-0.25, -0.2) is 0 Å². The second-order valence-electron chi connectivity index (χ2n) is 6.47. The first-order valence-electron chi connectivity index (χ1n) is 8.95. The minimum Gasteiger partial charge on any atom is -0.395 e. The van der Waals surface area contributed by atoms with Gasteiger partial charge in [0.2, 0.25) is 0 Å². The first-order chi connectivity index (χ1) is 15.1. The number of nitrogens with zero attached hydrogens (tertiary/aromatic N) is 2. The maximum absolute atomic E-state index is 12.3. The lowest BCUT2D eigenvalue weighted by Gasteiger charge is -2.17. The smallest absolute Gasteiger partial charge is 0.299 e. The number of benzene rings is 1. The molecule has 0 aliphatic heterocycles. The number of rotatable bonds is 14. The quantitative estimate of drug-likeness (QED) is 0.116. The summed E-state index contributed by atoms with van der Waals surface area (Å²) < 4.78 is 54.3. The van der Waals surface area contributed by atoms with Gasteiger partial charge in [-0.05, 0) is 6.07 Å². The van der Waals surface area contributed by atoms with E-state index in [1.165, 1.54) is 0 Å². The lowest BCUT2D eigenvalue weighted by Crippen LogP contribution is -2.40. The summed E-state index contributed by atoms with van der Waals surface area (Å²) >= 11 is 0. The van der Waals surface area contributed by atoms with E-state index in [-0.39, 0.29) is 24.3 Å². The Labute approximate surface area is 188 Å². The zero-order valence-electron chi connectivity index (χ0n) is 17.4. The van der Waals surface area contributed by atoms with Gasteiger partial charge in [0.25, 0.3) is 37.5 Å². The Kier molecular flexibility index (Phi) is 10.0. The monoisotopic (exact) mass is 514 g/mol. The number of aliphatic hydroxyl groups is 1. The standard InChI is InChI=1S/C15H22N4O12S2/c1-32(26,27)30-6-4-16-11-7-10(12(18(22)23)9-13(11)19(24)25)8-14(31-33(2,28)29)15(21)17-3-5-20/h7,9,14,16,20H,3-6,8H2,1-2H3,(H,17,21). The van der Waals surface area contributed by atoms with Crippen LogP contribution in [-0.4, -0.2) is 82.6 Å². The maximum atomic E-state index is 12.3. The van der Waals surface area contributed by atoms with Crippen LogP contribution in [0.4, 0.5) is 17.1 Å². The van der Waals surface area contributed by atoms with Gasteiger partial charge in [-0.2, -0.15) is 16.8 Å². The van der Waals surface area contributed by atoms with Gasteiger partial charge in [-0.15, -0.1) is 0 Å². The Morgan fingerprint density at radius 1 is 1.06 bits per heavy atom. The van der Waals surface area contributed by atoms with Crippen molar-refractivity contribution >= 4 is 43.2 Å². The Hall–Kier alpha value is -2.93. The SMILES string of the molecule is CS(=O)(=O)OCCNc1cc(CC(OS(C)(=O)=O)C(=O)NCCO)c([N+](=O)[O-])cc1[N+](=O)[O-]. The summed E-state index contributed by atoms with van der Waals surface area (Å²) in [5.74, 6) is -1.00. The van der Waals surface area contributed by atoms with Gasteiger partial charge in [0.15, 0.2) is 6.10 Å². The number of nitro benzene ring substituents is 2. The highest BCUT2D eigenvalue weighted by Crippen LogP contribution is 2.33. The van der Waals surface area contributed by atoms with Crippen molar-refractivity contribution in [3.63, 3.8) is 0 Å². The molecule has 1 rings (SSSR count). The second kappa shape index (κ2) is 11.8. The molecular formula is C15H22N4O12S2. The molecule has 0 aliphatic rings. The first-order valence-corrected chi connectivity index (χ1v) is 12.6. The fraction of sp³-hybridized carbons (Fsp3) is 0.533. The third-order valence-electron chi connectivity index (χ3n) is 3.70. The summed E-state index contributed by atoms with van der Waals surface area (Å²) in [5.41, 5.74) is -2.07. The predicted molar refractivity (Wildman–Crippen MR) is 113 cm³/mol. The van der Waals surface area contributed by atoms with E-state index in [2.05, 4.69) is 14.8 Å². The Balaban J connectivity index is 3.37. The zero-order chi connectivity index (χ0) is 25.4. The van der Waals surface area contributed by atoms with Crippen LogP contribution < -0.4 is 10.6 Å². The number of carbonyl (C=O) groups is 1. The van der Waals surface area contributed by atoms with Crippen LogP contribution in [0.1, 0.15) is 5.56 Å². The van der Waals surface area contributed by atoms with Crippen molar-refractivity contribution in [2.75, 3.05) is 44.1 Å². The molecule has 0 aliphatic carbocycles. The van der Waals surface area contributed by atoms with Crippen LogP contribution in [-0.2, 0) is 39.8 Å². The van der Waals surface area contributed by atoms with Crippen LogP contribution in [0.3, 0.4) is 0 Å². The van der Waals surface area contributed by atoms with Gasteiger partial charge in [0, 0.05) is 25.1 Å². The molecule has 1 amide bonds. The van der Waals surface area contributed by atoms with Crippen LogP contribution in [0.15, 0.2) is 12.1 Å². The maximum Gasteiger partial charge on any atom is 0.299 e. The van der Waals surface area contributed by atoms with Crippen LogP contribution in [0.5, 0.6) is 0 Å². The Morgan fingerprint density at radius 2 is 1.67 bits per heavy atom. The van der Waals surface area contributed by atoms with E-state index in [1.807, 2.05) is 0 Å². The first kappa shape index (κ1) is 28.1. The summed E-state index contributed by atoms with van der Waals surface area (Å²) in [6.07, 6.45) is -1.01.